The van der Waals surface area contributed by atoms with E-state index in [9.17, 15) is 9.59 Å². The third-order valence-electron chi connectivity index (χ3n) is 1.18. The standard InChI is InChI=1S/C6H4NO3/c8-4-6(5(9)10)2-1-3-7-6/h1-3H,(H,9,10). The van der Waals surface area contributed by atoms with Crippen LogP contribution in [0.2, 0.25) is 0 Å². The maximum Gasteiger partial charge on any atom is 0.343 e. The summed E-state index contributed by atoms with van der Waals surface area (Å²) < 4.78 is 0. The monoisotopic (exact) mass is 138 g/mol. The SMILES string of the molecule is O=[C]C1(C(=O)O)C=CC=N1. The molecule has 0 aromatic heterocycles. The highest BCUT2D eigenvalue weighted by Gasteiger charge is 2.37. The van der Waals surface area contributed by atoms with Crippen molar-refractivity contribution in [3.63, 3.8) is 0 Å². The van der Waals surface area contributed by atoms with Gasteiger partial charge in [0.05, 0.1) is 0 Å². The van der Waals surface area contributed by atoms with E-state index < -0.39 is 11.5 Å². The number of nitrogens with zero attached hydrogens (tertiary/aromatic N) is 1. The average molecular weight is 138 g/mol. The Morgan fingerprint density at radius 1 is 1.70 bits per heavy atom. The summed E-state index contributed by atoms with van der Waals surface area (Å²) >= 11 is 0. The number of carboxylic acids is 1. The first-order valence-electron chi connectivity index (χ1n) is 2.57. The Morgan fingerprint density at radius 2 is 2.40 bits per heavy atom. The third kappa shape index (κ3) is 0.737. The van der Waals surface area contributed by atoms with Crippen molar-refractivity contribution in [2.75, 3.05) is 0 Å². The number of rotatable bonds is 2. The second-order valence-electron chi connectivity index (χ2n) is 1.81. The van der Waals surface area contributed by atoms with Gasteiger partial charge in [0.15, 0.2) is 0 Å². The second-order valence-corrected chi connectivity index (χ2v) is 1.81. The van der Waals surface area contributed by atoms with Crippen LogP contribution in [-0.2, 0) is 9.59 Å². The van der Waals surface area contributed by atoms with E-state index in [4.69, 9.17) is 5.11 Å². The smallest absolute Gasteiger partial charge is 0.343 e. The zero-order valence-electron chi connectivity index (χ0n) is 4.94. The third-order valence-corrected chi connectivity index (χ3v) is 1.18. The number of hydrogen-bond donors (Lipinski definition) is 1. The van der Waals surface area contributed by atoms with Crippen molar-refractivity contribution < 1.29 is 14.7 Å². The van der Waals surface area contributed by atoms with E-state index >= 15 is 0 Å². The Labute approximate surface area is 56.9 Å². The molecular formula is C6H4NO3. The molecule has 1 aliphatic heterocycles. The van der Waals surface area contributed by atoms with Gasteiger partial charge < -0.3 is 5.11 Å². The Kier molecular flexibility index (Phi) is 1.37. The highest BCUT2D eigenvalue weighted by atomic mass is 16.4. The molecule has 1 aliphatic rings. The highest BCUT2D eigenvalue weighted by molar-refractivity contribution is 6.04. The molecule has 4 nitrogen and oxygen atoms in total. The number of aliphatic carboxylic acids is 1. The fourth-order valence-electron chi connectivity index (χ4n) is 0.616. The fourth-order valence-corrected chi connectivity index (χ4v) is 0.616. The zero-order valence-corrected chi connectivity index (χ0v) is 4.94. The van der Waals surface area contributed by atoms with Crippen molar-refractivity contribution in [2.45, 2.75) is 5.54 Å². The molecule has 0 aromatic rings. The van der Waals surface area contributed by atoms with Crippen molar-refractivity contribution in [2.24, 2.45) is 4.99 Å². The summed E-state index contributed by atoms with van der Waals surface area (Å²) in [7, 11) is 0. The van der Waals surface area contributed by atoms with Gasteiger partial charge in [0.25, 0.3) is 0 Å². The predicted octanol–water partition coefficient (Wildman–Crippen LogP) is -0.440. The summed E-state index contributed by atoms with van der Waals surface area (Å²) in [5.74, 6) is -1.30. The van der Waals surface area contributed by atoms with Gasteiger partial charge in [-0.25, -0.2) is 4.79 Å². The molecule has 1 rings (SSSR count). The lowest BCUT2D eigenvalue weighted by Crippen LogP contribution is -2.34. The Balaban J connectivity index is 3.01. The molecule has 1 unspecified atom stereocenters. The van der Waals surface area contributed by atoms with Crippen molar-refractivity contribution in [3.8, 4) is 0 Å². The molecule has 4 heteroatoms. The molecule has 0 aromatic carbocycles. The minimum absolute atomic E-state index is 1.18. The average Bonchev–Trinajstić information content (AvgIpc) is 2.35. The molecule has 1 N–H and O–H groups in total. The molecule has 0 amide bonds. The Morgan fingerprint density at radius 3 is 2.60 bits per heavy atom. The molecule has 1 atom stereocenters. The van der Waals surface area contributed by atoms with Gasteiger partial charge in [-0.05, 0) is 12.2 Å². The van der Waals surface area contributed by atoms with Gasteiger partial charge in [0, 0.05) is 6.21 Å². The van der Waals surface area contributed by atoms with Crippen LogP contribution >= 0.6 is 0 Å². The van der Waals surface area contributed by atoms with E-state index in [0.717, 1.165) is 0 Å². The number of carbonyl (C=O) groups is 1. The van der Waals surface area contributed by atoms with Gasteiger partial charge in [-0.3, -0.25) is 9.79 Å². The minimum atomic E-state index is -1.76. The highest BCUT2D eigenvalue weighted by Crippen LogP contribution is 2.13. The van der Waals surface area contributed by atoms with E-state index in [2.05, 4.69) is 4.99 Å². The lowest BCUT2D eigenvalue weighted by Gasteiger charge is -2.06. The molecule has 10 heavy (non-hydrogen) atoms. The molecular weight excluding hydrogens is 134 g/mol. The number of carbonyl (C=O) groups excluding carboxylic acids is 1. The van der Waals surface area contributed by atoms with E-state index in [1.807, 2.05) is 0 Å². The van der Waals surface area contributed by atoms with Crippen molar-refractivity contribution >= 4 is 18.5 Å². The zero-order chi connectivity index (χ0) is 7.61. The van der Waals surface area contributed by atoms with Crippen LogP contribution in [0.3, 0.4) is 0 Å². The topological polar surface area (TPSA) is 66.7 Å². The molecule has 1 radical (unpaired) electrons. The molecule has 0 bridgehead atoms. The molecule has 0 aliphatic carbocycles. The minimum Gasteiger partial charge on any atom is -0.479 e. The summed E-state index contributed by atoms with van der Waals surface area (Å²) in [6.45, 7) is 0. The van der Waals surface area contributed by atoms with E-state index in [1.54, 1.807) is 0 Å². The number of hydrogen-bond acceptors (Lipinski definition) is 3. The molecule has 51 valence electrons. The summed E-state index contributed by atoms with van der Waals surface area (Å²) in [6.07, 6.45) is 5.19. The van der Waals surface area contributed by atoms with Crippen LogP contribution in [0.4, 0.5) is 0 Å². The summed E-state index contributed by atoms with van der Waals surface area (Å²) in [4.78, 5) is 23.9. The molecule has 0 saturated carbocycles. The first-order valence-corrected chi connectivity index (χ1v) is 2.57. The van der Waals surface area contributed by atoms with Crippen LogP contribution in [0.5, 0.6) is 0 Å². The molecule has 1 heterocycles. The number of carboxylic acid groups (broad SMARTS) is 1. The van der Waals surface area contributed by atoms with Crippen LogP contribution in [0.1, 0.15) is 0 Å². The largest absolute Gasteiger partial charge is 0.479 e. The molecule has 0 spiro atoms. The molecule has 0 fully saturated rings. The quantitative estimate of drug-likeness (QED) is 0.526. The first kappa shape index (κ1) is 6.67. The summed E-state index contributed by atoms with van der Waals surface area (Å²) in [5, 5.41) is 8.44. The van der Waals surface area contributed by atoms with Gasteiger partial charge >= 0.3 is 5.97 Å². The fraction of sp³-hybridized carbons (Fsp3) is 0.167. The van der Waals surface area contributed by atoms with E-state index in [0.29, 0.717) is 0 Å². The van der Waals surface area contributed by atoms with Gasteiger partial charge in [0.2, 0.25) is 11.8 Å². The van der Waals surface area contributed by atoms with Crippen LogP contribution < -0.4 is 0 Å². The van der Waals surface area contributed by atoms with Gasteiger partial charge in [0.1, 0.15) is 0 Å². The lowest BCUT2D eigenvalue weighted by atomic mass is 10.1. The number of allylic oxidation sites excluding steroid dienone is 1. The second kappa shape index (κ2) is 2.06. The maximum atomic E-state index is 10.3. The van der Waals surface area contributed by atoms with E-state index in [1.165, 1.54) is 24.7 Å². The van der Waals surface area contributed by atoms with Crippen LogP contribution in [0, 0.1) is 0 Å². The predicted molar refractivity (Wildman–Crippen MR) is 33.7 cm³/mol. The van der Waals surface area contributed by atoms with Crippen molar-refractivity contribution in [1.82, 2.24) is 0 Å². The van der Waals surface area contributed by atoms with Crippen molar-refractivity contribution in [1.29, 1.82) is 0 Å². The van der Waals surface area contributed by atoms with Crippen LogP contribution in [-0.4, -0.2) is 29.1 Å². The van der Waals surface area contributed by atoms with Gasteiger partial charge in [-0.1, -0.05) is 0 Å². The van der Waals surface area contributed by atoms with Gasteiger partial charge in [-0.2, -0.15) is 0 Å². The molecule has 0 saturated heterocycles. The summed E-state index contributed by atoms with van der Waals surface area (Å²) in [6, 6.07) is 0. The first-order chi connectivity index (χ1) is 4.71. The lowest BCUT2D eigenvalue weighted by molar-refractivity contribution is -0.138. The van der Waals surface area contributed by atoms with Crippen LogP contribution in [0.15, 0.2) is 17.1 Å². The normalized spacial score (nSPS) is 28.8. The number of aliphatic imine (C=N–C) groups is 1. The Bertz CT molecular complexity index is 217. The van der Waals surface area contributed by atoms with Crippen LogP contribution in [0.25, 0.3) is 0 Å². The maximum absolute atomic E-state index is 10.3. The van der Waals surface area contributed by atoms with Gasteiger partial charge in [-0.15, -0.1) is 0 Å². The Hall–Kier alpha value is -1.45. The van der Waals surface area contributed by atoms with E-state index in [-0.39, 0.29) is 0 Å². The summed E-state index contributed by atoms with van der Waals surface area (Å²) in [5.41, 5.74) is -1.76. The van der Waals surface area contributed by atoms with Crippen molar-refractivity contribution in [3.05, 3.63) is 12.2 Å².